The number of likely N-dealkylation sites (N-methyl/N-ethyl adjacent to an activating group) is 3. The summed E-state index contributed by atoms with van der Waals surface area (Å²) in [6.45, 7) is 3.71. The van der Waals surface area contributed by atoms with Crippen LogP contribution < -0.4 is 64.6 Å². The molecule has 3 aliphatic rings. The Kier molecular flexibility index (Phi) is 38.7. The van der Waals surface area contributed by atoms with Crippen molar-refractivity contribution < 1.29 is 117 Å². The first-order chi connectivity index (χ1) is 64.7. The smallest absolute Gasteiger partial charge is 0.323 e. The van der Waals surface area contributed by atoms with E-state index >= 15 is 33.6 Å². The maximum absolute atomic E-state index is 15.9. The average Bonchev–Trinajstić information content (AvgIpc) is 1.60. The molecule has 3 aromatic heterocycles. The third-order valence-electron chi connectivity index (χ3n) is 24.1. The van der Waals surface area contributed by atoms with E-state index in [9.17, 15) is 83.1 Å². The van der Waals surface area contributed by atoms with E-state index in [2.05, 4.69) is 68.1 Å². The summed E-state index contributed by atoms with van der Waals surface area (Å²) in [6.07, 6.45) is 0.651. The number of carbonyl (C=O) groups is 19. The van der Waals surface area contributed by atoms with Gasteiger partial charge in [0.15, 0.2) is 0 Å². The van der Waals surface area contributed by atoms with Gasteiger partial charge in [0.2, 0.25) is 94.5 Å². The highest BCUT2D eigenvalue weighted by Gasteiger charge is 2.47. The maximum atomic E-state index is 15.9. The fourth-order valence-electron chi connectivity index (χ4n) is 16.6. The number of nitrogens with zero attached hydrogens (tertiary/aromatic N) is 7. The van der Waals surface area contributed by atoms with Crippen LogP contribution in [-0.2, 0) is 123 Å². The number of amides is 16. The number of para-hydroxylation sites is 2. The summed E-state index contributed by atoms with van der Waals surface area (Å²) in [4.78, 5) is 289. The van der Waals surface area contributed by atoms with Gasteiger partial charge in [0.05, 0.1) is 31.1 Å². The third-order valence-corrected chi connectivity index (χ3v) is 25.2. The summed E-state index contributed by atoms with van der Waals surface area (Å²) in [6, 6.07) is -3.88. The first-order valence-electron chi connectivity index (χ1n) is 44.9. The largest absolute Gasteiger partial charge is 0.508 e. The standard InChI is InChI=1S/C90H121N21O24S/c1-8-10-20-68-83(128)97-48(3)77(122)105-66(79(124)95-41-72(92)114)45-136-46-73(115)98-63(33-50-24-26-54(112)27-25-50)86(131)106(5)49(4)78(123)103-65(38-75(118)119)89(134)110-32-16-23-69(110)84(129)102-62(36-53-40-93-47-96-53)82(127)100-60(28-29-74(116)117)88(133)111-43-55(113)37-71(111)85(130)101-61(34-51-39-94-58-19-14-12-17-56(51)58)81(126)99-59(30-31-91)80(125)104-64(87(132)108(7)70(21-11-9-2)90(135)107(68)6)35-52-42-109(44-76(120)121)67-22-15-13-18-57(52)67/h12-15,17-19,22,24-27,39-40,42,47-49,55,59-66,68-71,94,112-113H,8-11,16,20-21,23,28-38,41,43-46,91H2,1-7H3,(H2,92,114)(H,93,96)(H,95,124)(H,97,128)(H,98,115)(H,99,126)(H,100,127)(H,101,130)(H,102,129)(H,103,123)(H,104,125)(H,105,122)(H,116,117)(H,118,119)(H,120,121)/t48-,49-,55+,59-,60-,61-,62-,63-,64-,65+,66-,68-,69-,70-,71-/m0/s1. The Morgan fingerprint density at radius 3 is 1.79 bits per heavy atom. The number of rotatable bonds is 26. The molecule has 15 atom stereocenters. The molecule has 0 radical (unpaired) electrons. The second kappa shape index (κ2) is 49.8. The SMILES string of the molecule is CCCC[C@H]1C(=O)N(C)[C@@H](CCCC)C(=O)N[C@@H](C)C(=O)N[C@H](C(=O)NCC(N)=O)CSCC(=O)N[C@@H](Cc2ccc(O)cc2)C(=O)N(C)[C@@H](C)C(=O)N[C@H](CC(=O)O)C(=O)N2CCC[C@H]2C(=O)N[C@@H](Cc2cnc[nH]2)C(=O)N[C@@H](CCC(=O)O)C(=O)N2C[C@H](O)C[C@H]2C(=O)N[C@@H](Cc2c[nH]c3ccccc23)C(=O)N[C@@H](CCN)C(=O)N[C@@H](Cc2cn(CC(=O)O)c3ccccc23)C(=O)N1C. The van der Waals surface area contributed by atoms with Crippen LogP contribution in [0.5, 0.6) is 5.75 Å². The van der Waals surface area contributed by atoms with E-state index in [4.69, 9.17) is 11.5 Å². The van der Waals surface area contributed by atoms with E-state index in [1.807, 2.05) is 13.8 Å². The molecule has 0 spiro atoms. The molecule has 736 valence electrons. The molecule has 9 rings (SSSR count). The van der Waals surface area contributed by atoms with E-state index < -0.39 is 273 Å². The molecule has 3 saturated heterocycles. The number of aromatic amines is 2. The number of phenolic OH excluding ortho intramolecular Hbond substituents is 1. The highest BCUT2D eigenvalue weighted by atomic mass is 32.2. The minimum Gasteiger partial charge on any atom is -0.508 e. The molecule has 6 aromatic rings. The fourth-order valence-corrected chi connectivity index (χ4v) is 17.5. The number of aromatic nitrogens is 4. The number of aliphatic hydroxyl groups excluding tert-OH is 1. The molecule has 0 bridgehead atoms. The van der Waals surface area contributed by atoms with Gasteiger partial charge in [-0.3, -0.25) is 91.1 Å². The van der Waals surface area contributed by atoms with Crippen molar-refractivity contribution in [1.82, 2.24) is 97.2 Å². The van der Waals surface area contributed by atoms with Crippen LogP contribution in [0.15, 0.2) is 97.7 Å². The van der Waals surface area contributed by atoms with Crippen LogP contribution in [0.4, 0.5) is 0 Å². The predicted molar refractivity (Wildman–Crippen MR) is 490 cm³/mol. The van der Waals surface area contributed by atoms with E-state index in [1.165, 1.54) is 82.5 Å². The van der Waals surface area contributed by atoms with Gasteiger partial charge in [-0.05, 0) is 99.9 Å². The van der Waals surface area contributed by atoms with Gasteiger partial charge < -0.3 is 129 Å². The summed E-state index contributed by atoms with van der Waals surface area (Å²) < 4.78 is 1.42. The Morgan fingerprint density at radius 1 is 0.551 bits per heavy atom. The lowest BCUT2D eigenvalue weighted by Crippen LogP contribution is -2.61. The number of carboxylic acids is 3. The molecule has 3 aliphatic heterocycles. The van der Waals surface area contributed by atoms with Crippen LogP contribution >= 0.6 is 11.8 Å². The van der Waals surface area contributed by atoms with Gasteiger partial charge >= 0.3 is 17.9 Å². The number of H-pyrrole nitrogens is 2. The predicted octanol–water partition coefficient (Wildman–Crippen LogP) is -2.84. The number of aromatic hydroxyl groups is 1. The lowest BCUT2D eigenvalue weighted by Gasteiger charge is -2.36. The molecule has 16 amide bonds. The summed E-state index contributed by atoms with van der Waals surface area (Å²) in [5, 5.41) is 78.9. The number of fused-ring (bicyclic) bond motifs is 4. The van der Waals surface area contributed by atoms with Crippen molar-refractivity contribution in [2.75, 3.05) is 58.8 Å². The average molecular weight is 1910 g/mol. The molecule has 0 aliphatic carbocycles. The van der Waals surface area contributed by atoms with Crippen LogP contribution in [-0.4, -0.2) is 331 Å². The van der Waals surface area contributed by atoms with Gasteiger partial charge in [-0.2, -0.15) is 0 Å². The van der Waals surface area contributed by atoms with Gasteiger partial charge in [0.25, 0.3) is 0 Å². The molecular formula is C90H121N21O24S. The van der Waals surface area contributed by atoms with E-state index in [0.29, 0.717) is 64.2 Å². The summed E-state index contributed by atoms with van der Waals surface area (Å²) >= 11 is 0.747. The second-order valence-corrected chi connectivity index (χ2v) is 35.2. The number of phenols is 1. The van der Waals surface area contributed by atoms with Crippen molar-refractivity contribution in [3.05, 3.63) is 120 Å². The Labute approximate surface area is 786 Å². The number of imidazole rings is 1. The molecule has 0 unspecified atom stereocenters. The van der Waals surface area contributed by atoms with Crippen molar-refractivity contribution >= 4 is 146 Å². The Hall–Kier alpha value is -14.1. The Bertz CT molecular complexity index is 5340. The topological polar surface area (TPSA) is 663 Å². The number of hydrogen-bond donors (Lipinski definition) is 19. The summed E-state index contributed by atoms with van der Waals surface area (Å²) in [5.74, 6) is -21.5. The molecule has 3 fully saturated rings. The highest BCUT2D eigenvalue weighted by molar-refractivity contribution is 8.00. The molecule has 3 aromatic carbocycles. The van der Waals surface area contributed by atoms with Gasteiger partial charge in [0.1, 0.15) is 96.9 Å². The molecular weight excluding hydrogens is 1790 g/mol. The molecule has 0 saturated carbocycles. The second-order valence-electron chi connectivity index (χ2n) is 34.1. The van der Waals surface area contributed by atoms with Crippen molar-refractivity contribution in [1.29, 1.82) is 0 Å². The zero-order valence-electron chi connectivity index (χ0n) is 76.6. The molecule has 46 heteroatoms. The third kappa shape index (κ3) is 28.8. The lowest BCUT2D eigenvalue weighted by molar-refractivity contribution is -0.149. The molecule has 21 N–H and O–H groups in total. The zero-order valence-corrected chi connectivity index (χ0v) is 77.4. The number of nitrogens with two attached hydrogens (primary N) is 2. The first kappa shape index (κ1) is 106. The van der Waals surface area contributed by atoms with Crippen molar-refractivity contribution in [2.24, 2.45) is 11.5 Å². The van der Waals surface area contributed by atoms with Gasteiger partial charge in [-0.15, -0.1) is 11.8 Å². The summed E-state index contributed by atoms with van der Waals surface area (Å²) in [7, 11) is 3.79. The van der Waals surface area contributed by atoms with E-state index in [1.54, 1.807) is 54.7 Å². The number of aliphatic hydroxyl groups is 1. The number of unbranched alkanes of at least 4 members (excludes halogenated alkanes) is 2. The van der Waals surface area contributed by atoms with Crippen molar-refractivity contribution in [3.63, 3.8) is 0 Å². The number of carbonyl (C=O) groups excluding carboxylic acids is 16. The van der Waals surface area contributed by atoms with E-state index in [0.717, 1.165) is 36.3 Å². The van der Waals surface area contributed by atoms with Crippen LogP contribution in [0.1, 0.15) is 134 Å². The number of primary amides is 1. The molecule has 6 heterocycles. The monoisotopic (exact) mass is 1910 g/mol. The van der Waals surface area contributed by atoms with Crippen LogP contribution in [0.3, 0.4) is 0 Å². The lowest BCUT2D eigenvalue weighted by atomic mass is 10.00. The molecule has 45 nitrogen and oxygen atoms in total. The van der Waals surface area contributed by atoms with E-state index in [-0.39, 0.29) is 69.5 Å². The van der Waals surface area contributed by atoms with Crippen LogP contribution in [0.2, 0.25) is 0 Å². The highest BCUT2D eigenvalue weighted by Crippen LogP contribution is 2.29. The number of thioether (sulfide) groups is 1. The Morgan fingerprint density at radius 2 is 1.14 bits per heavy atom. The van der Waals surface area contributed by atoms with Crippen LogP contribution in [0.25, 0.3) is 21.8 Å². The fraction of sp³-hybridized carbons (Fsp3) is 0.511. The molecule has 136 heavy (non-hydrogen) atoms. The Balaban J connectivity index is 1.11. The number of aliphatic carboxylic acids is 3. The van der Waals surface area contributed by atoms with Gasteiger partial charge in [-0.25, -0.2) is 4.98 Å². The number of hydrogen-bond acceptors (Lipinski definition) is 24. The maximum Gasteiger partial charge on any atom is 0.323 e. The summed E-state index contributed by atoms with van der Waals surface area (Å²) in [5.41, 5.74) is 14.0. The normalized spacial score (nSPS) is 24.6. The number of carboxylic acid groups (broad SMARTS) is 3. The number of benzene rings is 3. The van der Waals surface area contributed by atoms with Gasteiger partial charge in [-0.1, -0.05) is 88.1 Å². The van der Waals surface area contributed by atoms with Crippen molar-refractivity contribution in [2.45, 2.75) is 234 Å². The number of nitrogens with one attached hydrogen (secondary N) is 12. The van der Waals surface area contributed by atoms with Crippen LogP contribution in [0, 0.1) is 0 Å². The zero-order chi connectivity index (χ0) is 99.5. The van der Waals surface area contributed by atoms with Gasteiger partial charge in [0, 0.05) is 125 Å². The first-order valence-corrected chi connectivity index (χ1v) is 46.0. The quantitative estimate of drug-likeness (QED) is 0.0260. The minimum atomic E-state index is -1.95. The van der Waals surface area contributed by atoms with Crippen molar-refractivity contribution in [3.8, 4) is 5.75 Å². The minimum absolute atomic E-state index is 0.0203.